The predicted octanol–water partition coefficient (Wildman–Crippen LogP) is 2.21. The van der Waals surface area contributed by atoms with Gasteiger partial charge in [-0.15, -0.1) is 12.4 Å². The summed E-state index contributed by atoms with van der Waals surface area (Å²) in [5.74, 6) is -3.01. The largest absolute Gasteiger partial charge is 0.480 e. The van der Waals surface area contributed by atoms with Crippen LogP contribution in [0.3, 0.4) is 0 Å². The fraction of sp³-hybridized carbons (Fsp3) is 0.308. The minimum absolute atomic E-state index is 0. The first-order valence-corrected chi connectivity index (χ1v) is 11.7. The summed E-state index contributed by atoms with van der Waals surface area (Å²) in [5.41, 5.74) is 10.2. The summed E-state index contributed by atoms with van der Waals surface area (Å²) in [6, 6.07) is 8.71. The van der Waals surface area contributed by atoms with Crippen molar-refractivity contribution >= 4 is 46.2 Å². The van der Waals surface area contributed by atoms with Crippen molar-refractivity contribution in [2.75, 3.05) is 13.1 Å². The molecule has 0 radical (unpaired) electrons. The van der Waals surface area contributed by atoms with Gasteiger partial charge in [0.1, 0.15) is 17.7 Å². The van der Waals surface area contributed by atoms with Crippen LogP contribution in [0.5, 0.6) is 0 Å². The maximum absolute atomic E-state index is 13.3. The van der Waals surface area contributed by atoms with Crippen LogP contribution in [0.2, 0.25) is 0 Å². The number of carboxylic acid groups (broad SMARTS) is 2. The Labute approximate surface area is 228 Å². The van der Waals surface area contributed by atoms with Gasteiger partial charge in [0.15, 0.2) is 0 Å². The maximum atomic E-state index is 13.3. The molecule has 2 aromatic heterocycles. The van der Waals surface area contributed by atoms with Crippen LogP contribution < -0.4 is 11.1 Å². The molecule has 1 aliphatic heterocycles. The van der Waals surface area contributed by atoms with Crippen LogP contribution in [0, 0.1) is 11.6 Å². The summed E-state index contributed by atoms with van der Waals surface area (Å²) < 4.78 is 30.2. The van der Waals surface area contributed by atoms with Crippen LogP contribution in [0.1, 0.15) is 22.9 Å². The van der Waals surface area contributed by atoms with E-state index in [1.54, 1.807) is 18.2 Å². The average Bonchev–Trinajstić information content (AvgIpc) is 3.33. The number of aryl methyl sites for hydroxylation is 2. The van der Waals surface area contributed by atoms with Gasteiger partial charge in [-0.05, 0) is 66.9 Å². The predicted molar refractivity (Wildman–Crippen MR) is 144 cm³/mol. The number of benzene rings is 2. The second-order valence-corrected chi connectivity index (χ2v) is 8.74. The van der Waals surface area contributed by atoms with Crippen molar-refractivity contribution in [1.82, 2.24) is 14.5 Å². The fourth-order valence-electron chi connectivity index (χ4n) is 4.59. The zero-order chi connectivity index (χ0) is 28.1. The molecule has 0 saturated heterocycles. The van der Waals surface area contributed by atoms with Gasteiger partial charge in [-0.25, -0.2) is 13.6 Å². The van der Waals surface area contributed by atoms with Crippen LogP contribution in [-0.2, 0) is 36.5 Å². The number of carbonyl (C=O) groups is 2. The number of nitrogens with zero attached hydrogens (tertiary/aromatic N) is 2. The minimum atomic E-state index is -2.23. The molecule has 3 heterocycles. The standard InChI is InChI=1S/C13H13FN2O2.C11H13FN2.C2H4O4.ClH/c1-16-10-3-2-7(14)6-9(10)8-4-5-15-11(12(8)16)13(17)18;1-14-7-8(4-5-13)10-6-9(12)2-3-11(10)14;3-1(4)2(5)6;/h2-3,6,11,15H,4-5H2,1H3,(H,17,18);2-3,6-7H,4-5,13H2,1H3;1,3-4H,(H,5,6);1H. The lowest BCUT2D eigenvalue weighted by molar-refractivity contribution is -0.165. The number of hydrogen-bond donors (Lipinski definition) is 6. The molecular weight excluding hydrogens is 538 g/mol. The molecule has 2 aromatic carbocycles. The SMILES string of the molecule is Cl.Cn1c2c(c3cc(F)ccc31)CCNC2C(=O)O.Cn1cc(CCN)c2cc(F)ccc21.O=C(O)C(O)O. The van der Waals surface area contributed by atoms with Crippen LogP contribution in [0.4, 0.5) is 8.78 Å². The van der Waals surface area contributed by atoms with Crippen molar-refractivity contribution in [1.29, 1.82) is 0 Å². The molecule has 1 unspecified atom stereocenters. The first kappa shape index (κ1) is 31.7. The van der Waals surface area contributed by atoms with Crippen molar-refractivity contribution in [2.45, 2.75) is 25.2 Å². The first-order chi connectivity index (χ1) is 18.0. The molecule has 0 amide bonds. The molecule has 5 rings (SSSR count). The lowest BCUT2D eigenvalue weighted by Gasteiger charge is -2.22. The zero-order valence-corrected chi connectivity index (χ0v) is 22.1. The maximum Gasteiger partial charge on any atom is 0.360 e. The molecule has 0 bridgehead atoms. The van der Waals surface area contributed by atoms with E-state index in [1.165, 1.54) is 18.2 Å². The Morgan fingerprint density at radius 3 is 2.15 bits per heavy atom. The number of halogens is 3. The van der Waals surface area contributed by atoms with Gasteiger partial charge in [-0.2, -0.15) is 0 Å². The van der Waals surface area contributed by atoms with Crippen LogP contribution in [0.15, 0.2) is 42.6 Å². The summed E-state index contributed by atoms with van der Waals surface area (Å²) in [7, 11) is 3.78. The Kier molecular flexibility index (Phi) is 11.0. The number of fused-ring (bicyclic) bond motifs is 4. The molecule has 0 aliphatic carbocycles. The third kappa shape index (κ3) is 7.11. The molecule has 7 N–H and O–H groups in total. The van der Waals surface area contributed by atoms with E-state index in [9.17, 15) is 23.5 Å². The van der Waals surface area contributed by atoms with Gasteiger partial charge >= 0.3 is 11.9 Å². The van der Waals surface area contributed by atoms with Crippen molar-refractivity contribution in [3.63, 3.8) is 0 Å². The summed E-state index contributed by atoms with van der Waals surface area (Å²) in [6.07, 6.45) is 1.29. The smallest absolute Gasteiger partial charge is 0.360 e. The molecule has 13 heteroatoms. The summed E-state index contributed by atoms with van der Waals surface area (Å²) in [6.45, 7) is 1.19. The molecule has 0 spiro atoms. The summed E-state index contributed by atoms with van der Waals surface area (Å²) in [4.78, 5) is 20.5. The third-order valence-electron chi connectivity index (χ3n) is 6.23. The number of aliphatic hydroxyl groups is 2. The van der Waals surface area contributed by atoms with E-state index < -0.39 is 24.3 Å². The summed E-state index contributed by atoms with van der Waals surface area (Å²) >= 11 is 0. The van der Waals surface area contributed by atoms with E-state index in [0.717, 1.165) is 51.5 Å². The number of nitrogens with one attached hydrogen (secondary N) is 1. The number of rotatable bonds is 4. The van der Waals surface area contributed by atoms with Crippen molar-refractivity contribution in [3.8, 4) is 0 Å². The second kappa shape index (κ2) is 13.5. The van der Waals surface area contributed by atoms with Gasteiger partial charge in [0.25, 0.3) is 6.29 Å². The lowest BCUT2D eigenvalue weighted by atomic mass is 9.99. The second-order valence-electron chi connectivity index (χ2n) is 8.74. The van der Waals surface area contributed by atoms with E-state index in [2.05, 4.69) is 5.32 Å². The van der Waals surface area contributed by atoms with E-state index in [1.807, 2.05) is 29.4 Å². The van der Waals surface area contributed by atoms with Crippen LogP contribution in [0.25, 0.3) is 21.8 Å². The number of hydrogen-bond acceptors (Lipinski definition) is 6. The quantitative estimate of drug-likeness (QED) is 0.204. The molecule has 4 aromatic rings. The highest BCUT2D eigenvalue weighted by Gasteiger charge is 2.30. The van der Waals surface area contributed by atoms with Crippen molar-refractivity contribution < 1.29 is 38.8 Å². The Morgan fingerprint density at radius 2 is 1.62 bits per heavy atom. The van der Waals surface area contributed by atoms with Crippen molar-refractivity contribution in [2.24, 2.45) is 19.8 Å². The van der Waals surface area contributed by atoms with E-state index in [4.69, 9.17) is 21.1 Å². The van der Waals surface area contributed by atoms with Gasteiger partial charge in [-0.3, -0.25) is 10.1 Å². The molecule has 0 saturated carbocycles. The molecule has 212 valence electrons. The molecule has 10 nitrogen and oxygen atoms in total. The highest BCUT2D eigenvalue weighted by Crippen LogP contribution is 2.33. The van der Waals surface area contributed by atoms with Gasteiger partial charge in [-0.1, -0.05) is 0 Å². The minimum Gasteiger partial charge on any atom is -0.480 e. The van der Waals surface area contributed by atoms with Gasteiger partial charge in [0.05, 0.1) is 5.69 Å². The van der Waals surface area contributed by atoms with Gasteiger partial charge in [0.2, 0.25) is 0 Å². The molecular formula is C26H31ClF2N4O6. The molecule has 0 fully saturated rings. The zero-order valence-electron chi connectivity index (χ0n) is 21.3. The topological polar surface area (TPSA) is 163 Å². The fourth-order valence-corrected chi connectivity index (χ4v) is 4.59. The molecule has 1 atom stereocenters. The lowest BCUT2D eigenvalue weighted by Crippen LogP contribution is -2.36. The molecule has 1 aliphatic rings. The average molecular weight is 569 g/mol. The number of aliphatic carboxylic acids is 2. The van der Waals surface area contributed by atoms with Gasteiger partial charge in [0, 0.05) is 48.6 Å². The third-order valence-corrected chi connectivity index (χ3v) is 6.23. The molecule has 39 heavy (non-hydrogen) atoms. The normalized spacial score (nSPS) is 14.1. The Morgan fingerprint density at radius 1 is 1.05 bits per heavy atom. The summed E-state index contributed by atoms with van der Waals surface area (Å²) in [5, 5.41) is 36.7. The van der Waals surface area contributed by atoms with Crippen molar-refractivity contribution in [3.05, 3.63) is 71.1 Å². The van der Waals surface area contributed by atoms with E-state index in [0.29, 0.717) is 13.1 Å². The van der Waals surface area contributed by atoms with E-state index in [-0.39, 0.29) is 24.0 Å². The number of nitrogens with two attached hydrogens (primary N) is 1. The van der Waals surface area contributed by atoms with E-state index >= 15 is 0 Å². The number of aliphatic hydroxyl groups excluding tert-OH is 1. The Bertz CT molecular complexity index is 1470. The van der Waals surface area contributed by atoms with Gasteiger partial charge < -0.3 is 35.3 Å². The highest BCUT2D eigenvalue weighted by molar-refractivity contribution is 5.89. The Balaban J connectivity index is 0.000000227. The highest BCUT2D eigenvalue weighted by atomic mass is 35.5. The van der Waals surface area contributed by atoms with Crippen LogP contribution in [-0.4, -0.2) is 60.9 Å². The monoisotopic (exact) mass is 568 g/mol. The number of carboxylic acids is 2. The first-order valence-electron chi connectivity index (χ1n) is 11.7. The Hall–Kier alpha value is -3.55. The number of aromatic nitrogens is 2. The van der Waals surface area contributed by atoms with Crippen LogP contribution >= 0.6 is 12.4 Å².